The van der Waals surface area contributed by atoms with Crippen LogP contribution in [-0.4, -0.2) is 45.7 Å². The molecular weight excluding hydrogens is 303 g/mol. The van der Waals surface area contributed by atoms with E-state index in [1.807, 2.05) is 0 Å². The van der Waals surface area contributed by atoms with Gasteiger partial charge in [-0.2, -0.15) is 13.2 Å². The van der Waals surface area contributed by atoms with Crippen LogP contribution < -0.4 is 0 Å². The Labute approximate surface area is 124 Å². The summed E-state index contributed by atoms with van der Waals surface area (Å²) in [5, 5.41) is 18.6. The summed E-state index contributed by atoms with van der Waals surface area (Å²) >= 11 is 0. The lowest BCUT2D eigenvalue weighted by Crippen LogP contribution is -2.51. The molecule has 0 aromatic heterocycles. The van der Waals surface area contributed by atoms with E-state index in [4.69, 9.17) is 5.11 Å². The minimum absolute atomic E-state index is 0.108. The number of hydrogen-bond donors (Lipinski definition) is 2. The van der Waals surface area contributed by atoms with Gasteiger partial charge in [0.1, 0.15) is 6.04 Å². The molecule has 0 spiro atoms. The van der Waals surface area contributed by atoms with E-state index in [0.717, 1.165) is 23.1 Å². The number of carbonyl (C=O) groups excluding carboxylic acids is 1. The average Bonchev–Trinajstić information content (AvgIpc) is 2.45. The number of halogens is 3. The van der Waals surface area contributed by atoms with Crippen molar-refractivity contribution in [2.45, 2.75) is 31.2 Å². The number of likely N-dealkylation sites (tertiary alicyclic amines) is 1. The average molecular weight is 317 g/mol. The van der Waals surface area contributed by atoms with Gasteiger partial charge in [-0.3, -0.25) is 4.79 Å². The summed E-state index contributed by atoms with van der Waals surface area (Å²) in [5.41, 5.74) is -1.69. The molecule has 5 nitrogen and oxygen atoms in total. The quantitative estimate of drug-likeness (QED) is 0.871. The molecule has 1 aromatic rings. The summed E-state index contributed by atoms with van der Waals surface area (Å²) in [5.74, 6) is -2.34. The molecule has 0 unspecified atom stereocenters. The fraction of sp³-hybridized carbons (Fsp3) is 0.429. The Kier molecular flexibility index (Phi) is 4.41. The Hall–Kier alpha value is -2.09. The number of carbonyl (C=O) groups is 2. The second-order valence-electron chi connectivity index (χ2n) is 5.07. The molecule has 1 heterocycles. The zero-order valence-corrected chi connectivity index (χ0v) is 11.4. The lowest BCUT2D eigenvalue weighted by molar-refractivity contribution is -0.145. The number of hydrogen-bond acceptors (Lipinski definition) is 3. The maximum absolute atomic E-state index is 13.0. The number of carboxylic acids is 1. The smallest absolute Gasteiger partial charge is 0.417 e. The molecule has 8 heteroatoms. The van der Waals surface area contributed by atoms with Crippen LogP contribution in [0.25, 0.3) is 0 Å². The number of aliphatic hydroxyl groups is 1. The van der Waals surface area contributed by atoms with E-state index >= 15 is 0 Å². The molecule has 1 aliphatic heterocycles. The van der Waals surface area contributed by atoms with Crippen LogP contribution in [0.4, 0.5) is 13.2 Å². The largest absolute Gasteiger partial charge is 0.480 e. The maximum atomic E-state index is 13.0. The first-order valence-corrected chi connectivity index (χ1v) is 6.60. The molecule has 1 amide bonds. The fourth-order valence-electron chi connectivity index (χ4n) is 2.50. The number of amides is 1. The van der Waals surface area contributed by atoms with E-state index in [2.05, 4.69) is 0 Å². The van der Waals surface area contributed by atoms with E-state index in [-0.39, 0.29) is 19.4 Å². The molecule has 120 valence electrons. The summed E-state index contributed by atoms with van der Waals surface area (Å²) in [6.07, 6.45) is -5.66. The van der Waals surface area contributed by atoms with Gasteiger partial charge in [-0.25, -0.2) is 4.79 Å². The molecule has 0 radical (unpaired) electrons. The minimum Gasteiger partial charge on any atom is -0.480 e. The highest BCUT2D eigenvalue weighted by atomic mass is 19.4. The molecule has 2 N–H and O–H groups in total. The Morgan fingerprint density at radius 1 is 1.23 bits per heavy atom. The Bertz CT molecular complexity index is 588. The molecule has 22 heavy (non-hydrogen) atoms. The summed E-state index contributed by atoms with van der Waals surface area (Å²) in [6.45, 7) is -0.108. The highest BCUT2D eigenvalue weighted by Gasteiger charge is 2.40. The van der Waals surface area contributed by atoms with E-state index in [1.54, 1.807) is 0 Å². The van der Waals surface area contributed by atoms with Gasteiger partial charge in [0.2, 0.25) is 0 Å². The van der Waals surface area contributed by atoms with Crippen molar-refractivity contribution < 1.29 is 33.0 Å². The van der Waals surface area contributed by atoms with Crippen LogP contribution in [0.15, 0.2) is 24.3 Å². The highest BCUT2D eigenvalue weighted by Crippen LogP contribution is 2.33. The predicted octanol–water partition coefficient (Wildman–Crippen LogP) is 1.76. The normalized spacial score (nSPS) is 22.5. The number of carboxylic acid groups (broad SMARTS) is 1. The summed E-state index contributed by atoms with van der Waals surface area (Å²) < 4.78 is 38.9. The van der Waals surface area contributed by atoms with Crippen molar-refractivity contribution in [2.24, 2.45) is 0 Å². The first kappa shape index (κ1) is 16.3. The predicted molar refractivity (Wildman–Crippen MR) is 69.1 cm³/mol. The van der Waals surface area contributed by atoms with E-state index < -0.39 is 41.3 Å². The van der Waals surface area contributed by atoms with Crippen molar-refractivity contribution in [2.75, 3.05) is 6.54 Å². The number of alkyl halides is 3. The fourth-order valence-corrected chi connectivity index (χ4v) is 2.50. The Morgan fingerprint density at radius 3 is 2.45 bits per heavy atom. The molecule has 0 aliphatic carbocycles. The van der Waals surface area contributed by atoms with Crippen LogP contribution in [0.3, 0.4) is 0 Å². The number of piperidine rings is 1. The first-order valence-electron chi connectivity index (χ1n) is 6.60. The van der Waals surface area contributed by atoms with Crippen molar-refractivity contribution >= 4 is 11.9 Å². The zero-order chi connectivity index (χ0) is 16.5. The van der Waals surface area contributed by atoms with Gasteiger partial charge in [0.25, 0.3) is 5.91 Å². The molecule has 1 aromatic carbocycles. The van der Waals surface area contributed by atoms with Gasteiger partial charge in [-0.15, -0.1) is 0 Å². The van der Waals surface area contributed by atoms with E-state index in [9.17, 15) is 27.9 Å². The van der Waals surface area contributed by atoms with Gasteiger partial charge in [0, 0.05) is 13.0 Å². The molecule has 2 rings (SSSR count). The summed E-state index contributed by atoms with van der Waals surface area (Å²) in [4.78, 5) is 24.4. The minimum atomic E-state index is -4.71. The second-order valence-corrected chi connectivity index (χ2v) is 5.07. The van der Waals surface area contributed by atoms with Crippen molar-refractivity contribution in [1.29, 1.82) is 0 Å². The topological polar surface area (TPSA) is 77.8 Å². The van der Waals surface area contributed by atoms with Gasteiger partial charge < -0.3 is 15.1 Å². The molecule has 2 atom stereocenters. The van der Waals surface area contributed by atoms with Crippen molar-refractivity contribution in [3.05, 3.63) is 35.4 Å². The van der Waals surface area contributed by atoms with E-state index in [0.29, 0.717) is 0 Å². The molecular formula is C14H14F3NO4. The van der Waals surface area contributed by atoms with Crippen molar-refractivity contribution in [3.63, 3.8) is 0 Å². The highest BCUT2D eigenvalue weighted by molar-refractivity contribution is 5.98. The third-order valence-electron chi connectivity index (χ3n) is 3.58. The van der Waals surface area contributed by atoms with Gasteiger partial charge >= 0.3 is 12.1 Å². The molecule has 1 fully saturated rings. The van der Waals surface area contributed by atoms with Crippen molar-refractivity contribution in [3.8, 4) is 0 Å². The molecule has 1 saturated heterocycles. The van der Waals surface area contributed by atoms with Crippen LogP contribution >= 0.6 is 0 Å². The first-order chi connectivity index (χ1) is 10.2. The van der Waals surface area contributed by atoms with Gasteiger partial charge in [0.15, 0.2) is 0 Å². The lowest BCUT2D eigenvalue weighted by atomic mass is 9.97. The van der Waals surface area contributed by atoms with Crippen LogP contribution in [-0.2, 0) is 11.0 Å². The number of aliphatic hydroxyl groups excluding tert-OH is 1. The molecule has 0 saturated carbocycles. The van der Waals surface area contributed by atoms with Crippen LogP contribution in [0.1, 0.15) is 28.8 Å². The van der Waals surface area contributed by atoms with E-state index in [1.165, 1.54) is 6.07 Å². The monoisotopic (exact) mass is 317 g/mol. The number of nitrogens with zero attached hydrogens (tertiary/aromatic N) is 1. The van der Waals surface area contributed by atoms with Gasteiger partial charge in [0.05, 0.1) is 17.2 Å². The van der Waals surface area contributed by atoms with Crippen molar-refractivity contribution in [1.82, 2.24) is 4.90 Å². The number of rotatable bonds is 2. The second kappa shape index (κ2) is 5.96. The third kappa shape index (κ3) is 3.22. The summed E-state index contributed by atoms with van der Waals surface area (Å²) in [7, 11) is 0. The standard InChI is InChI=1S/C14H14F3NO4/c15-14(16,17)10-4-2-1-3-9(10)12(20)18-6-5-8(19)7-11(18)13(21)22/h1-4,8,11,19H,5-7H2,(H,21,22)/t8-,11+/m1/s1. The lowest BCUT2D eigenvalue weighted by Gasteiger charge is -2.35. The number of benzene rings is 1. The molecule has 0 bridgehead atoms. The number of aliphatic carboxylic acids is 1. The van der Waals surface area contributed by atoms with Crippen LogP contribution in [0.5, 0.6) is 0 Å². The zero-order valence-electron chi connectivity index (χ0n) is 11.4. The SMILES string of the molecule is O=C(O)[C@@H]1C[C@H](O)CCN1C(=O)c1ccccc1C(F)(F)F. The Morgan fingerprint density at radius 2 is 1.86 bits per heavy atom. The molecule has 1 aliphatic rings. The van der Waals surface area contributed by atoms with Gasteiger partial charge in [-0.05, 0) is 18.6 Å². The van der Waals surface area contributed by atoms with Crippen LogP contribution in [0, 0.1) is 0 Å². The summed E-state index contributed by atoms with van der Waals surface area (Å²) in [6, 6.07) is 2.92. The maximum Gasteiger partial charge on any atom is 0.417 e. The van der Waals surface area contributed by atoms with Gasteiger partial charge in [-0.1, -0.05) is 12.1 Å². The Balaban J connectivity index is 2.37. The van der Waals surface area contributed by atoms with Crippen LogP contribution in [0.2, 0.25) is 0 Å². The third-order valence-corrected chi connectivity index (χ3v) is 3.58.